The van der Waals surface area contributed by atoms with Crippen LogP contribution >= 0.6 is 23.1 Å². The zero-order chi connectivity index (χ0) is 16.2. The lowest BCUT2D eigenvalue weighted by atomic mass is 10.3. The Labute approximate surface area is 141 Å². The van der Waals surface area contributed by atoms with Crippen molar-refractivity contribution in [2.75, 3.05) is 23.9 Å². The first-order valence-electron chi connectivity index (χ1n) is 6.73. The fraction of sp³-hybridized carbons (Fsp3) is 0.133. The van der Waals surface area contributed by atoms with Crippen LogP contribution in [0.15, 0.2) is 40.9 Å². The van der Waals surface area contributed by atoms with Gasteiger partial charge in [0.05, 0.1) is 18.2 Å². The Morgan fingerprint density at radius 3 is 2.83 bits per heavy atom. The number of hydrogen-bond acceptors (Lipinski definition) is 7. The van der Waals surface area contributed by atoms with Gasteiger partial charge < -0.3 is 15.8 Å². The molecule has 0 aliphatic carbocycles. The largest absolute Gasteiger partial charge is 0.497 e. The number of carbonyl (C=O) groups excluding carboxylic acids is 1. The van der Waals surface area contributed by atoms with Crippen molar-refractivity contribution >= 4 is 50.7 Å². The Kier molecular flexibility index (Phi) is 4.63. The van der Waals surface area contributed by atoms with E-state index in [1.807, 2.05) is 11.4 Å². The van der Waals surface area contributed by atoms with E-state index in [-0.39, 0.29) is 11.7 Å². The molecule has 0 fully saturated rings. The number of anilines is 2. The molecule has 3 rings (SSSR count). The van der Waals surface area contributed by atoms with Crippen molar-refractivity contribution in [3.8, 4) is 5.75 Å². The van der Waals surface area contributed by atoms with Crippen LogP contribution in [0.1, 0.15) is 0 Å². The van der Waals surface area contributed by atoms with Gasteiger partial charge in [0.2, 0.25) is 5.91 Å². The van der Waals surface area contributed by atoms with Crippen molar-refractivity contribution in [1.29, 1.82) is 0 Å². The summed E-state index contributed by atoms with van der Waals surface area (Å²) in [6.45, 7) is 0. The monoisotopic (exact) mass is 346 g/mol. The van der Waals surface area contributed by atoms with Crippen LogP contribution in [0.5, 0.6) is 5.75 Å². The highest BCUT2D eigenvalue weighted by Crippen LogP contribution is 2.26. The molecule has 2 heterocycles. The van der Waals surface area contributed by atoms with Gasteiger partial charge in [-0.05, 0) is 35.7 Å². The van der Waals surface area contributed by atoms with Gasteiger partial charge in [0.25, 0.3) is 0 Å². The van der Waals surface area contributed by atoms with Gasteiger partial charge in [-0.1, -0.05) is 11.8 Å². The molecule has 2 aromatic heterocycles. The minimum absolute atomic E-state index is 0.131. The Bertz CT molecular complexity index is 833. The summed E-state index contributed by atoms with van der Waals surface area (Å²) in [6, 6.07) is 9.04. The van der Waals surface area contributed by atoms with Crippen molar-refractivity contribution < 1.29 is 9.53 Å². The second kappa shape index (κ2) is 6.84. The molecule has 0 atom stereocenters. The third-order valence-corrected chi connectivity index (χ3v) is 4.69. The van der Waals surface area contributed by atoms with E-state index < -0.39 is 0 Å². The summed E-state index contributed by atoms with van der Waals surface area (Å²) in [5, 5.41) is 6.08. The summed E-state index contributed by atoms with van der Waals surface area (Å²) in [5.74, 6) is 1.26. The molecule has 0 aliphatic rings. The highest BCUT2D eigenvalue weighted by Gasteiger charge is 2.09. The van der Waals surface area contributed by atoms with Crippen LogP contribution in [-0.4, -0.2) is 28.7 Å². The zero-order valence-electron chi connectivity index (χ0n) is 12.3. The third-order valence-electron chi connectivity index (χ3n) is 3.04. The van der Waals surface area contributed by atoms with Gasteiger partial charge in [-0.2, -0.15) is 0 Å². The molecular weight excluding hydrogens is 332 g/mol. The third kappa shape index (κ3) is 3.72. The molecule has 3 aromatic rings. The van der Waals surface area contributed by atoms with Crippen LogP contribution in [0, 0.1) is 0 Å². The minimum Gasteiger partial charge on any atom is -0.497 e. The number of nitrogens with zero attached hydrogens (tertiary/aromatic N) is 2. The first-order valence-corrected chi connectivity index (χ1v) is 8.59. The number of carbonyl (C=O) groups is 1. The van der Waals surface area contributed by atoms with E-state index in [4.69, 9.17) is 10.5 Å². The summed E-state index contributed by atoms with van der Waals surface area (Å²) in [7, 11) is 1.60. The smallest absolute Gasteiger partial charge is 0.234 e. The number of nitrogens with one attached hydrogen (secondary N) is 1. The molecule has 23 heavy (non-hydrogen) atoms. The molecule has 1 aromatic carbocycles. The van der Waals surface area contributed by atoms with Gasteiger partial charge in [-0.25, -0.2) is 9.97 Å². The van der Waals surface area contributed by atoms with E-state index in [1.54, 1.807) is 31.4 Å². The van der Waals surface area contributed by atoms with Crippen molar-refractivity contribution in [3.63, 3.8) is 0 Å². The van der Waals surface area contributed by atoms with Crippen LogP contribution < -0.4 is 15.8 Å². The maximum Gasteiger partial charge on any atom is 0.234 e. The number of ether oxygens (including phenoxy) is 1. The van der Waals surface area contributed by atoms with Crippen molar-refractivity contribution in [1.82, 2.24) is 9.97 Å². The number of nitrogen functional groups attached to an aromatic ring is 1. The van der Waals surface area contributed by atoms with Crippen LogP contribution in [0.25, 0.3) is 10.2 Å². The first-order chi connectivity index (χ1) is 11.2. The molecular formula is C15H14N4O2S2. The van der Waals surface area contributed by atoms with Crippen LogP contribution in [-0.2, 0) is 4.79 Å². The summed E-state index contributed by atoms with van der Waals surface area (Å²) < 4.78 is 5.07. The molecule has 1 amide bonds. The number of methoxy groups -OCH3 is 1. The maximum absolute atomic E-state index is 12.0. The van der Waals surface area contributed by atoms with Crippen molar-refractivity contribution in [2.24, 2.45) is 0 Å². The first kappa shape index (κ1) is 15.6. The van der Waals surface area contributed by atoms with E-state index in [9.17, 15) is 4.79 Å². The predicted molar refractivity (Wildman–Crippen MR) is 94.2 cm³/mol. The average Bonchev–Trinajstić information content (AvgIpc) is 3.03. The van der Waals surface area contributed by atoms with E-state index in [2.05, 4.69) is 15.3 Å². The Hall–Kier alpha value is -2.32. The number of fused-ring (bicyclic) bond motifs is 1. The van der Waals surface area contributed by atoms with Gasteiger partial charge in [-0.15, -0.1) is 11.3 Å². The summed E-state index contributed by atoms with van der Waals surface area (Å²) >= 11 is 2.75. The highest BCUT2D eigenvalue weighted by molar-refractivity contribution is 7.99. The molecule has 8 heteroatoms. The van der Waals surface area contributed by atoms with Crippen LogP contribution in [0.3, 0.4) is 0 Å². The zero-order valence-corrected chi connectivity index (χ0v) is 13.9. The number of hydrogen-bond donors (Lipinski definition) is 2. The van der Waals surface area contributed by atoms with E-state index in [0.29, 0.717) is 16.7 Å². The van der Waals surface area contributed by atoms with E-state index in [0.717, 1.165) is 16.0 Å². The minimum atomic E-state index is -0.131. The predicted octanol–water partition coefficient (Wildman–Crippen LogP) is 3.01. The van der Waals surface area contributed by atoms with Crippen molar-refractivity contribution in [2.45, 2.75) is 5.16 Å². The Morgan fingerprint density at radius 2 is 2.09 bits per heavy atom. The molecule has 0 aliphatic heterocycles. The molecule has 3 N–H and O–H groups in total. The highest BCUT2D eigenvalue weighted by atomic mass is 32.2. The number of benzene rings is 1. The lowest BCUT2D eigenvalue weighted by Crippen LogP contribution is -2.14. The second-order valence-corrected chi connectivity index (χ2v) is 6.43. The molecule has 0 radical (unpaired) electrons. The Morgan fingerprint density at radius 1 is 1.30 bits per heavy atom. The standard InChI is InChI=1S/C15H14N4O2S2/c1-21-10-4-2-9(3-5-10)17-12(20)8-23-15-18-13(16)11-6-7-22-14(11)19-15/h2-7H,8H2,1H3,(H,17,20)(H2,16,18,19). The number of nitrogens with two attached hydrogens (primary N) is 1. The summed E-state index contributed by atoms with van der Waals surface area (Å²) in [5.41, 5.74) is 6.60. The number of thioether (sulfide) groups is 1. The number of thiophene rings is 1. The lowest BCUT2D eigenvalue weighted by Gasteiger charge is -2.06. The number of rotatable bonds is 5. The van der Waals surface area contributed by atoms with E-state index >= 15 is 0 Å². The number of aromatic nitrogens is 2. The fourth-order valence-corrected chi connectivity index (χ4v) is 3.40. The van der Waals surface area contributed by atoms with Gasteiger partial charge in [0.15, 0.2) is 5.16 Å². The van der Waals surface area contributed by atoms with Gasteiger partial charge in [0.1, 0.15) is 16.4 Å². The quantitative estimate of drug-likeness (QED) is 0.545. The van der Waals surface area contributed by atoms with Crippen LogP contribution in [0.2, 0.25) is 0 Å². The Balaban J connectivity index is 1.61. The maximum atomic E-state index is 12.0. The molecule has 6 nitrogen and oxygen atoms in total. The lowest BCUT2D eigenvalue weighted by molar-refractivity contribution is -0.113. The number of amides is 1. The molecule has 0 bridgehead atoms. The van der Waals surface area contributed by atoms with Gasteiger partial charge in [-0.3, -0.25) is 4.79 Å². The second-order valence-electron chi connectivity index (χ2n) is 4.60. The summed E-state index contributed by atoms with van der Waals surface area (Å²) in [6.07, 6.45) is 0. The topological polar surface area (TPSA) is 90.1 Å². The fourth-order valence-electron chi connectivity index (χ4n) is 1.92. The van der Waals surface area contributed by atoms with Gasteiger partial charge in [0, 0.05) is 5.69 Å². The van der Waals surface area contributed by atoms with Crippen molar-refractivity contribution in [3.05, 3.63) is 35.7 Å². The normalized spacial score (nSPS) is 10.7. The van der Waals surface area contributed by atoms with Gasteiger partial charge >= 0.3 is 0 Å². The SMILES string of the molecule is COc1ccc(NC(=O)CSc2nc(N)c3ccsc3n2)cc1. The molecule has 0 saturated carbocycles. The average molecular weight is 346 g/mol. The van der Waals surface area contributed by atoms with E-state index in [1.165, 1.54) is 23.1 Å². The van der Waals surface area contributed by atoms with Crippen LogP contribution in [0.4, 0.5) is 11.5 Å². The molecule has 118 valence electrons. The molecule has 0 unspecified atom stereocenters. The summed E-state index contributed by atoms with van der Waals surface area (Å²) in [4.78, 5) is 21.4. The molecule has 0 spiro atoms. The molecule has 0 saturated heterocycles.